The number of anilines is 1. The van der Waals surface area contributed by atoms with E-state index in [4.69, 9.17) is 5.11 Å². The molecule has 0 aliphatic carbocycles. The molecule has 0 unspecified atom stereocenters. The van der Waals surface area contributed by atoms with Crippen LogP contribution in [0.25, 0.3) is 21.5 Å². The Morgan fingerprint density at radius 1 is 0.571 bits per heavy atom. The normalized spacial score (nSPS) is 14.0. The minimum atomic E-state index is -5.09. The highest BCUT2D eigenvalue weighted by molar-refractivity contribution is 7.87. The van der Waals surface area contributed by atoms with Crippen LogP contribution in [-0.4, -0.2) is 124 Å². The molecule has 28 heteroatoms. The monoisotopic (exact) mass is 1100 g/mol. The summed E-state index contributed by atoms with van der Waals surface area (Å²) in [5.41, 5.74) is 1.89. The van der Waals surface area contributed by atoms with Crippen molar-refractivity contribution in [1.82, 2.24) is 0 Å². The van der Waals surface area contributed by atoms with Gasteiger partial charge in [0.05, 0.1) is 21.3 Å². The fourth-order valence-corrected chi connectivity index (χ4v) is 11.3. The predicted octanol–water partition coefficient (Wildman–Crippen LogP) is 5.80. The molecule has 0 aliphatic rings. The van der Waals surface area contributed by atoms with E-state index in [9.17, 15) is 82.6 Å². The Labute approximate surface area is 405 Å². The van der Waals surface area contributed by atoms with Gasteiger partial charge in [-0.05, 0) is 98.8 Å². The molecule has 4 aromatic carbocycles. The highest BCUT2D eigenvalue weighted by Crippen LogP contribution is 2.37. The number of unbranched alkanes of at least 4 members (excludes halogenated alkanes) is 2. The van der Waals surface area contributed by atoms with E-state index in [1.165, 1.54) is 54.0 Å². The number of fused-ring (bicyclic) bond motifs is 2. The predicted molar refractivity (Wildman–Crippen MR) is 259 cm³/mol. The summed E-state index contributed by atoms with van der Waals surface area (Å²) >= 11 is 0. The number of carbonyl (C=O) groups is 1. The third-order valence-corrected chi connectivity index (χ3v) is 15.9. The van der Waals surface area contributed by atoms with Gasteiger partial charge in [-0.3, -0.25) is 32.1 Å². The summed E-state index contributed by atoms with van der Waals surface area (Å²) < 4.78 is 205. The fraction of sp³-hybridized carbons (Fsp3) is 0.333. The van der Waals surface area contributed by atoms with Crippen molar-refractivity contribution in [3.8, 4) is 0 Å². The molecule has 0 saturated carbocycles. The van der Waals surface area contributed by atoms with Crippen LogP contribution in [-0.2, 0) is 65.5 Å². The summed E-state index contributed by atoms with van der Waals surface area (Å²) in [5, 5.41) is 8.88. The van der Waals surface area contributed by atoms with Gasteiger partial charge in [0.15, 0.2) is 5.71 Å². The molecule has 0 heterocycles. The molecule has 0 fully saturated rings. The number of hydrogen-bond donors (Lipinski definition) is 7. The van der Waals surface area contributed by atoms with Gasteiger partial charge in [0.25, 0.3) is 60.7 Å². The van der Waals surface area contributed by atoms with Crippen LogP contribution in [0.4, 0.5) is 11.4 Å². The Bertz CT molecular complexity index is 3530. The molecule has 0 aliphatic heterocycles. The Morgan fingerprint density at radius 2 is 1.09 bits per heavy atom. The number of rotatable bonds is 24. The summed E-state index contributed by atoms with van der Waals surface area (Å²) in [4.78, 5) is 9.63. The molecule has 0 spiro atoms. The molecule has 22 nitrogen and oxygen atoms in total. The fourth-order valence-electron chi connectivity index (χ4n) is 7.62. The maximum atomic E-state index is 12.4. The first-order valence-electron chi connectivity index (χ1n) is 20.7. The number of benzene rings is 4. The summed E-state index contributed by atoms with van der Waals surface area (Å²) in [6.07, 6.45) is 8.31. The maximum absolute atomic E-state index is 12.4. The van der Waals surface area contributed by atoms with Crippen molar-refractivity contribution in [1.29, 1.82) is 0 Å². The lowest BCUT2D eigenvalue weighted by atomic mass is 10.0. The van der Waals surface area contributed by atoms with E-state index >= 15 is 0 Å². The second kappa shape index (κ2) is 22.6. The minimum absolute atomic E-state index is 0.0514. The van der Waals surface area contributed by atoms with E-state index in [0.29, 0.717) is 48.3 Å². The molecule has 0 saturated heterocycles. The first-order valence-corrected chi connectivity index (χ1v) is 29.7. The summed E-state index contributed by atoms with van der Waals surface area (Å²) in [5.74, 6) is -2.46. The molecular weight excluding hydrogens is 1040 g/mol. The second-order valence-electron chi connectivity index (χ2n) is 15.9. The Morgan fingerprint density at radius 3 is 1.59 bits per heavy atom. The van der Waals surface area contributed by atoms with Crippen LogP contribution in [0.1, 0.15) is 63.0 Å². The summed E-state index contributed by atoms with van der Waals surface area (Å²) in [6.45, 7) is 4.72. The lowest BCUT2D eigenvalue weighted by Crippen LogP contribution is -2.23. The number of carboxylic acid groups (broad SMARTS) is 1. The van der Waals surface area contributed by atoms with E-state index < -0.39 is 97.8 Å². The topological polar surface area (TPSA) is 370 Å². The van der Waals surface area contributed by atoms with Crippen LogP contribution < -0.4 is 4.90 Å². The van der Waals surface area contributed by atoms with Crippen molar-refractivity contribution in [3.63, 3.8) is 0 Å². The molecule has 0 aromatic heterocycles. The Kier molecular flexibility index (Phi) is 18.6. The zero-order valence-corrected chi connectivity index (χ0v) is 42.5. The summed E-state index contributed by atoms with van der Waals surface area (Å²) in [6, 6.07) is 8.64. The average Bonchev–Trinajstić information content (AvgIpc) is 3.21. The van der Waals surface area contributed by atoms with Crippen molar-refractivity contribution in [2.75, 3.05) is 29.5 Å². The molecule has 0 atom stereocenters. The zero-order chi connectivity index (χ0) is 52.8. The molecule has 0 bridgehead atoms. The van der Waals surface area contributed by atoms with Crippen LogP contribution in [0.15, 0.2) is 104 Å². The molecular formula is C42H51N2O20S6+. The lowest BCUT2D eigenvalue weighted by molar-refractivity contribution is -0.441. The molecule has 0 radical (unpaired) electrons. The van der Waals surface area contributed by atoms with Gasteiger partial charge in [0, 0.05) is 65.7 Å². The minimum Gasteiger partial charge on any atom is -0.481 e. The van der Waals surface area contributed by atoms with Gasteiger partial charge in [-0.1, -0.05) is 30.7 Å². The van der Waals surface area contributed by atoms with Crippen molar-refractivity contribution >= 4 is 105 Å². The van der Waals surface area contributed by atoms with E-state index in [1.54, 1.807) is 30.9 Å². The van der Waals surface area contributed by atoms with Gasteiger partial charge in [0.2, 0.25) is 5.69 Å². The van der Waals surface area contributed by atoms with Gasteiger partial charge in [-0.2, -0.15) is 55.1 Å². The van der Waals surface area contributed by atoms with Gasteiger partial charge >= 0.3 is 5.97 Å². The first kappa shape index (κ1) is 57.6. The van der Waals surface area contributed by atoms with E-state index in [-0.39, 0.29) is 77.3 Å². The molecule has 384 valence electrons. The largest absolute Gasteiger partial charge is 0.481 e. The van der Waals surface area contributed by atoms with Crippen LogP contribution >= 0.6 is 0 Å². The van der Waals surface area contributed by atoms with Crippen LogP contribution in [0.3, 0.4) is 0 Å². The maximum Gasteiger partial charge on any atom is 0.303 e. The lowest BCUT2D eigenvalue weighted by Gasteiger charge is -2.28. The van der Waals surface area contributed by atoms with Crippen molar-refractivity contribution in [2.45, 2.75) is 85.3 Å². The average molecular weight is 1100 g/mol. The van der Waals surface area contributed by atoms with Gasteiger partial charge < -0.3 is 10.0 Å². The van der Waals surface area contributed by atoms with E-state index in [1.807, 2.05) is 0 Å². The number of hydrogen-bond acceptors (Lipinski definition) is 14. The number of nitrogens with zero attached hydrogens (tertiary/aromatic N) is 2. The number of aryl methyl sites for hydroxylation is 2. The molecule has 0 amide bonds. The first-order chi connectivity index (χ1) is 32.1. The van der Waals surface area contributed by atoms with Gasteiger partial charge in [0.1, 0.15) is 16.3 Å². The van der Waals surface area contributed by atoms with Crippen LogP contribution in [0.2, 0.25) is 0 Å². The van der Waals surface area contributed by atoms with Crippen molar-refractivity contribution in [2.24, 2.45) is 0 Å². The van der Waals surface area contributed by atoms with Gasteiger partial charge in [-0.25, -0.2) is 0 Å². The standard InChI is InChI=1S/C42H50N2O20S6/c1-28(43(20-9-5-8-15-42(45)46)38-18-16-34-36(29(38)2)24-32(67(53,54)55)26-40(34)69(59,60)61)12-6-4-7-13-31(14-10-22-65(47,48)49)44(21-11-23-66(50,51)52)39-19-17-35-37(30(39)3)25-33(68(56,57)58)27-41(35)70(62,63)64/h4,6-7,12-13,16-19,24-27H,5,8-11,14-15,20-23H2,1-3H3,(H6-,45,46,47,48,49,50,51,52,53,54,55,56,57,58,59,60,61,62,63,64)/p+1. The van der Waals surface area contributed by atoms with E-state index in [2.05, 4.69) is 0 Å². The number of carboxylic acids is 1. The summed E-state index contributed by atoms with van der Waals surface area (Å²) in [7, 11) is -29.1. The smallest absolute Gasteiger partial charge is 0.303 e. The van der Waals surface area contributed by atoms with E-state index in [0.717, 1.165) is 12.1 Å². The molecule has 4 aromatic rings. The Balaban J connectivity index is 1.92. The van der Waals surface area contributed by atoms with Gasteiger partial charge in [-0.15, -0.1) is 0 Å². The Hall–Kier alpha value is -4.98. The quantitative estimate of drug-likeness (QED) is 0.0143. The van der Waals surface area contributed by atoms with Crippen LogP contribution in [0, 0.1) is 13.8 Å². The second-order valence-corrected chi connectivity index (χ2v) is 24.7. The molecule has 7 N–H and O–H groups in total. The van der Waals surface area contributed by atoms with Crippen molar-refractivity contribution < 1.29 is 92.3 Å². The third kappa shape index (κ3) is 16.0. The van der Waals surface area contributed by atoms with Crippen LogP contribution in [0.5, 0.6) is 0 Å². The third-order valence-electron chi connectivity index (χ3n) is 10.9. The SMILES string of the molecule is C\C(=C/C=C/C=C/C(CCCS(=O)(=O)O)=[N+](CCCS(=O)(=O)O)c1ccc2c(S(=O)(=O)O)cc(S(=O)(=O)O)cc2c1C)N(CCCCCC(=O)O)c1ccc2c(S(=O)(=O)O)cc(S(=O)(=O)O)cc2c1C. The van der Waals surface area contributed by atoms with Crippen molar-refractivity contribution in [3.05, 3.63) is 95.7 Å². The number of aliphatic carboxylic acids is 1. The highest BCUT2D eigenvalue weighted by atomic mass is 32.2. The molecule has 4 rings (SSSR count). The number of allylic oxidation sites excluding steroid dienone is 6. The zero-order valence-electron chi connectivity index (χ0n) is 37.6. The molecule has 70 heavy (non-hydrogen) atoms. The highest BCUT2D eigenvalue weighted by Gasteiger charge is 2.27.